The second-order valence-electron chi connectivity index (χ2n) is 6.07. The van der Waals surface area contributed by atoms with E-state index in [0.717, 1.165) is 16.9 Å². The molecule has 4 rings (SSSR count). The zero-order valence-electron chi connectivity index (χ0n) is 15.0. The highest BCUT2D eigenvalue weighted by molar-refractivity contribution is 7.14. The zero-order chi connectivity index (χ0) is 19.5. The number of aromatic nitrogens is 2. The first-order valence-corrected chi connectivity index (χ1v) is 9.59. The Morgan fingerprint density at radius 1 is 1.25 bits per heavy atom. The van der Waals surface area contributed by atoms with Crippen LogP contribution in [0.2, 0.25) is 0 Å². The molecule has 2 heterocycles. The number of rotatable bonds is 6. The fourth-order valence-electron chi connectivity index (χ4n) is 2.79. The third kappa shape index (κ3) is 3.96. The number of oxazole rings is 1. The lowest BCUT2D eigenvalue weighted by Gasteiger charge is -2.05. The Balaban J connectivity index is 1.43. The molecule has 0 aliphatic rings. The summed E-state index contributed by atoms with van der Waals surface area (Å²) < 4.78 is 10.5. The highest BCUT2D eigenvalue weighted by Gasteiger charge is 2.11. The Morgan fingerprint density at radius 2 is 2.07 bits per heavy atom. The number of carbonyl (C=O) groups excluding carboxylic acids is 1. The van der Waals surface area contributed by atoms with Crippen LogP contribution in [0.15, 0.2) is 57.1 Å². The van der Waals surface area contributed by atoms with Gasteiger partial charge in [0.1, 0.15) is 5.75 Å². The number of amides is 1. The second kappa shape index (κ2) is 7.69. The standard InChI is InChI=1S/C20H17N3O4S/c1-2-26-14-6-3-12(4-7-14)9-18(24)23-19-21-16(11-28-19)13-5-8-15-17(10-13)27-20(25)22-15/h3-8,10-11H,2,9H2,1H3,(H,22,25)(H,21,23,24). The van der Waals surface area contributed by atoms with Crippen molar-refractivity contribution < 1.29 is 13.9 Å². The summed E-state index contributed by atoms with van der Waals surface area (Å²) in [6.45, 7) is 2.53. The van der Waals surface area contributed by atoms with Gasteiger partial charge >= 0.3 is 5.76 Å². The van der Waals surface area contributed by atoms with Crippen LogP contribution in [0.5, 0.6) is 5.75 Å². The lowest BCUT2D eigenvalue weighted by molar-refractivity contribution is -0.115. The molecule has 4 aromatic rings. The summed E-state index contributed by atoms with van der Waals surface area (Å²) >= 11 is 1.34. The Kier molecular flexibility index (Phi) is 4.94. The van der Waals surface area contributed by atoms with Gasteiger partial charge < -0.3 is 14.5 Å². The van der Waals surface area contributed by atoms with Crippen molar-refractivity contribution in [3.8, 4) is 17.0 Å². The smallest absolute Gasteiger partial charge is 0.417 e. The predicted octanol–water partition coefficient (Wildman–Crippen LogP) is 3.82. The van der Waals surface area contributed by atoms with E-state index < -0.39 is 5.76 Å². The monoisotopic (exact) mass is 395 g/mol. The molecule has 0 aliphatic carbocycles. The molecule has 0 saturated carbocycles. The van der Waals surface area contributed by atoms with Gasteiger partial charge in [0.2, 0.25) is 5.91 Å². The fourth-order valence-corrected chi connectivity index (χ4v) is 3.52. The lowest BCUT2D eigenvalue weighted by atomic mass is 10.1. The number of H-pyrrole nitrogens is 1. The summed E-state index contributed by atoms with van der Waals surface area (Å²) in [6, 6.07) is 12.8. The molecule has 1 amide bonds. The maximum atomic E-state index is 12.3. The molecule has 7 nitrogen and oxygen atoms in total. The molecule has 0 fully saturated rings. The maximum Gasteiger partial charge on any atom is 0.417 e. The van der Waals surface area contributed by atoms with Crippen LogP contribution in [-0.4, -0.2) is 22.5 Å². The fraction of sp³-hybridized carbons (Fsp3) is 0.150. The number of fused-ring (bicyclic) bond motifs is 1. The molecule has 0 aliphatic heterocycles. The van der Waals surface area contributed by atoms with Crippen molar-refractivity contribution in [3.63, 3.8) is 0 Å². The quantitative estimate of drug-likeness (QED) is 0.517. The number of thiazole rings is 1. The van der Waals surface area contributed by atoms with E-state index in [-0.39, 0.29) is 12.3 Å². The molecular formula is C20H17N3O4S. The summed E-state index contributed by atoms with van der Waals surface area (Å²) in [7, 11) is 0. The number of aromatic amines is 1. The number of nitrogens with one attached hydrogen (secondary N) is 2. The summed E-state index contributed by atoms with van der Waals surface area (Å²) in [6.07, 6.45) is 0.252. The van der Waals surface area contributed by atoms with E-state index in [0.29, 0.717) is 28.5 Å². The largest absolute Gasteiger partial charge is 0.494 e. The van der Waals surface area contributed by atoms with Gasteiger partial charge in [-0.2, -0.15) is 0 Å². The van der Waals surface area contributed by atoms with Crippen LogP contribution in [0, 0.1) is 0 Å². The summed E-state index contributed by atoms with van der Waals surface area (Å²) in [4.78, 5) is 30.6. The third-order valence-corrected chi connectivity index (χ3v) is 4.82. The normalized spacial score (nSPS) is 10.9. The van der Waals surface area contributed by atoms with Crippen LogP contribution in [0.4, 0.5) is 5.13 Å². The highest BCUT2D eigenvalue weighted by Crippen LogP contribution is 2.27. The van der Waals surface area contributed by atoms with E-state index >= 15 is 0 Å². The van der Waals surface area contributed by atoms with E-state index in [1.165, 1.54) is 11.3 Å². The van der Waals surface area contributed by atoms with Gasteiger partial charge in [-0.15, -0.1) is 11.3 Å². The highest BCUT2D eigenvalue weighted by atomic mass is 32.1. The average Bonchev–Trinajstić information content (AvgIpc) is 3.28. The number of hydrogen-bond donors (Lipinski definition) is 2. The second-order valence-corrected chi connectivity index (χ2v) is 6.92. The molecule has 0 atom stereocenters. The molecule has 8 heteroatoms. The van der Waals surface area contributed by atoms with Gasteiger partial charge in [0, 0.05) is 10.9 Å². The molecule has 0 unspecified atom stereocenters. The SMILES string of the molecule is CCOc1ccc(CC(=O)Nc2nc(-c3ccc4[nH]c(=O)oc4c3)cs2)cc1. The van der Waals surface area contributed by atoms with Gasteiger partial charge in [0.25, 0.3) is 0 Å². The van der Waals surface area contributed by atoms with Crippen LogP contribution in [0.3, 0.4) is 0 Å². The topological polar surface area (TPSA) is 97.2 Å². The van der Waals surface area contributed by atoms with Crippen LogP contribution in [0.1, 0.15) is 12.5 Å². The number of hydrogen-bond acceptors (Lipinski definition) is 6. The number of benzene rings is 2. The van der Waals surface area contributed by atoms with Gasteiger partial charge in [-0.25, -0.2) is 9.78 Å². The van der Waals surface area contributed by atoms with Crippen LogP contribution in [-0.2, 0) is 11.2 Å². The predicted molar refractivity (Wildman–Crippen MR) is 108 cm³/mol. The molecule has 0 spiro atoms. The Labute approximate surface area is 164 Å². The number of anilines is 1. The molecule has 0 radical (unpaired) electrons. The summed E-state index contributed by atoms with van der Waals surface area (Å²) in [5.74, 6) is 0.149. The Hall–Kier alpha value is -3.39. The van der Waals surface area contributed by atoms with Crippen molar-refractivity contribution in [1.29, 1.82) is 0 Å². The van der Waals surface area contributed by atoms with Crippen molar-refractivity contribution >= 4 is 33.5 Å². The van der Waals surface area contributed by atoms with Crippen LogP contribution < -0.4 is 15.8 Å². The van der Waals surface area contributed by atoms with Crippen molar-refractivity contribution in [2.45, 2.75) is 13.3 Å². The first kappa shape index (κ1) is 18.0. The minimum Gasteiger partial charge on any atom is -0.494 e. The number of nitrogens with zero attached hydrogens (tertiary/aromatic N) is 1. The van der Waals surface area contributed by atoms with E-state index in [4.69, 9.17) is 9.15 Å². The van der Waals surface area contributed by atoms with Crippen molar-refractivity contribution in [2.75, 3.05) is 11.9 Å². The van der Waals surface area contributed by atoms with E-state index in [2.05, 4.69) is 15.3 Å². The van der Waals surface area contributed by atoms with E-state index in [1.54, 1.807) is 12.1 Å². The molecule has 0 saturated heterocycles. The minimum absolute atomic E-state index is 0.142. The van der Waals surface area contributed by atoms with Gasteiger partial charge in [-0.3, -0.25) is 9.78 Å². The first-order chi connectivity index (χ1) is 13.6. The molecular weight excluding hydrogens is 378 g/mol. The summed E-state index contributed by atoms with van der Waals surface area (Å²) in [5.41, 5.74) is 3.50. The zero-order valence-corrected chi connectivity index (χ0v) is 15.8. The van der Waals surface area contributed by atoms with Gasteiger partial charge in [0.15, 0.2) is 10.7 Å². The van der Waals surface area contributed by atoms with E-state index in [1.807, 2.05) is 42.6 Å². The molecule has 28 heavy (non-hydrogen) atoms. The van der Waals surface area contributed by atoms with Crippen LogP contribution >= 0.6 is 11.3 Å². The Bertz CT molecular complexity index is 1170. The molecule has 2 aromatic heterocycles. The van der Waals surface area contributed by atoms with Crippen molar-refractivity contribution in [1.82, 2.24) is 9.97 Å². The molecule has 2 aromatic carbocycles. The number of carbonyl (C=O) groups is 1. The van der Waals surface area contributed by atoms with Crippen molar-refractivity contribution in [2.24, 2.45) is 0 Å². The molecule has 142 valence electrons. The third-order valence-electron chi connectivity index (χ3n) is 4.07. The average molecular weight is 395 g/mol. The van der Waals surface area contributed by atoms with E-state index in [9.17, 15) is 9.59 Å². The summed E-state index contributed by atoms with van der Waals surface area (Å²) in [5, 5.41) is 5.18. The van der Waals surface area contributed by atoms with Crippen molar-refractivity contribution in [3.05, 3.63) is 64.0 Å². The van der Waals surface area contributed by atoms with Gasteiger partial charge in [-0.05, 0) is 36.8 Å². The van der Waals surface area contributed by atoms with Gasteiger partial charge in [0.05, 0.1) is 24.2 Å². The molecule has 0 bridgehead atoms. The Morgan fingerprint density at radius 3 is 2.86 bits per heavy atom. The minimum atomic E-state index is -0.493. The lowest BCUT2D eigenvalue weighted by Crippen LogP contribution is -2.14. The maximum absolute atomic E-state index is 12.3. The first-order valence-electron chi connectivity index (χ1n) is 8.71. The molecule has 2 N–H and O–H groups in total. The van der Waals surface area contributed by atoms with Crippen LogP contribution in [0.25, 0.3) is 22.4 Å². The number of ether oxygens (including phenoxy) is 1. The van der Waals surface area contributed by atoms with Gasteiger partial charge in [-0.1, -0.05) is 18.2 Å².